The van der Waals surface area contributed by atoms with E-state index < -0.39 is 0 Å². The zero-order valence-electron chi connectivity index (χ0n) is 10.4. The molecule has 2 atom stereocenters. The molecule has 2 nitrogen and oxygen atoms in total. The third-order valence-electron chi connectivity index (χ3n) is 2.83. The Morgan fingerprint density at radius 1 is 1.44 bits per heavy atom. The number of halogens is 1. The van der Waals surface area contributed by atoms with Gasteiger partial charge in [-0.3, -0.25) is 0 Å². The van der Waals surface area contributed by atoms with Gasteiger partial charge in [0.1, 0.15) is 5.82 Å². The number of hydrogen-bond acceptors (Lipinski definition) is 2. The summed E-state index contributed by atoms with van der Waals surface area (Å²) in [4.78, 5) is 0. The number of benzene rings is 1. The standard InChI is InChI=1S/C13H20FNO/c1-5-15-13(10(3)16-4)12-7-6-11(14)8-9(12)2/h6-8,10,13,15H,5H2,1-4H3. The number of nitrogens with one attached hydrogen (secondary N) is 1. The van der Waals surface area contributed by atoms with E-state index in [9.17, 15) is 4.39 Å². The van der Waals surface area contributed by atoms with E-state index in [-0.39, 0.29) is 18.0 Å². The van der Waals surface area contributed by atoms with Gasteiger partial charge in [-0.1, -0.05) is 13.0 Å². The second-order valence-electron chi connectivity index (χ2n) is 3.98. The number of likely N-dealkylation sites (N-methyl/N-ethyl adjacent to an activating group) is 1. The summed E-state index contributed by atoms with van der Waals surface area (Å²) in [6.45, 7) is 6.84. The van der Waals surface area contributed by atoms with E-state index in [0.717, 1.165) is 17.7 Å². The van der Waals surface area contributed by atoms with E-state index in [0.29, 0.717) is 0 Å². The summed E-state index contributed by atoms with van der Waals surface area (Å²) in [6, 6.07) is 4.99. The van der Waals surface area contributed by atoms with Crippen molar-refractivity contribution < 1.29 is 9.13 Å². The van der Waals surface area contributed by atoms with Gasteiger partial charge in [-0.05, 0) is 43.7 Å². The van der Waals surface area contributed by atoms with Crippen LogP contribution in [-0.4, -0.2) is 19.8 Å². The van der Waals surface area contributed by atoms with Crippen molar-refractivity contribution in [2.45, 2.75) is 32.9 Å². The minimum atomic E-state index is -0.193. The van der Waals surface area contributed by atoms with E-state index in [4.69, 9.17) is 4.74 Å². The van der Waals surface area contributed by atoms with Crippen LogP contribution >= 0.6 is 0 Å². The Balaban J connectivity index is 3.00. The quantitative estimate of drug-likeness (QED) is 0.832. The lowest BCUT2D eigenvalue weighted by molar-refractivity contribution is 0.0833. The lowest BCUT2D eigenvalue weighted by Gasteiger charge is -2.25. The highest BCUT2D eigenvalue weighted by Gasteiger charge is 2.19. The highest BCUT2D eigenvalue weighted by molar-refractivity contribution is 5.30. The summed E-state index contributed by atoms with van der Waals surface area (Å²) in [5.74, 6) is -0.193. The first-order valence-electron chi connectivity index (χ1n) is 5.62. The molecule has 16 heavy (non-hydrogen) atoms. The summed E-state index contributed by atoms with van der Waals surface area (Å²) < 4.78 is 18.4. The van der Waals surface area contributed by atoms with Gasteiger partial charge >= 0.3 is 0 Å². The minimum Gasteiger partial charge on any atom is -0.380 e. The molecule has 1 N–H and O–H groups in total. The molecule has 3 heteroatoms. The second kappa shape index (κ2) is 5.97. The Kier molecular flexibility index (Phi) is 4.90. The molecule has 0 saturated carbocycles. The first kappa shape index (κ1) is 13.1. The predicted molar refractivity (Wildman–Crippen MR) is 64.0 cm³/mol. The average molecular weight is 225 g/mol. The molecule has 0 aromatic heterocycles. The van der Waals surface area contributed by atoms with E-state index in [1.807, 2.05) is 26.8 Å². The van der Waals surface area contributed by atoms with Crippen LogP contribution in [0.5, 0.6) is 0 Å². The largest absolute Gasteiger partial charge is 0.380 e. The first-order chi connectivity index (χ1) is 7.60. The minimum absolute atomic E-state index is 0.0594. The van der Waals surface area contributed by atoms with Gasteiger partial charge in [0.05, 0.1) is 12.1 Å². The summed E-state index contributed by atoms with van der Waals surface area (Å²) >= 11 is 0. The number of methoxy groups -OCH3 is 1. The lowest BCUT2D eigenvalue weighted by atomic mass is 9.97. The lowest BCUT2D eigenvalue weighted by Crippen LogP contribution is -2.31. The van der Waals surface area contributed by atoms with Crippen LogP contribution in [0, 0.1) is 12.7 Å². The average Bonchev–Trinajstić information content (AvgIpc) is 2.26. The number of aryl methyl sites for hydroxylation is 1. The third-order valence-corrected chi connectivity index (χ3v) is 2.83. The van der Waals surface area contributed by atoms with Crippen molar-refractivity contribution in [1.82, 2.24) is 5.32 Å². The highest BCUT2D eigenvalue weighted by atomic mass is 19.1. The Hall–Kier alpha value is -0.930. The molecular formula is C13H20FNO. The molecule has 0 radical (unpaired) electrons. The fourth-order valence-corrected chi connectivity index (χ4v) is 1.87. The van der Waals surface area contributed by atoms with Crippen molar-refractivity contribution in [3.05, 3.63) is 35.1 Å². The number of ether oxygens (including phenoxy) is 1. The van der Waals surface area contributed by atoms with Crippen molar-refractivity contribution in [2.75, 3.05) is 13.7 Å². The maximum absolute atomic E-state index is 13.0. The van der Waals surface area contributed by atoms with Crippen LogP contribution in [0.4, 0.5) is 4.39 Å². The predicted octanol–water partition coefficient (Wildman–Crippen LogP) is 2.82. The Labute approximate surface area is 96.8 Å². The molecule has 0 aliphatic heterocycles. The zero-order chi connectivity index (χ0) is 12.1. The van der Waals surface area contributed by atoms with Crippen molar-refractivity contribution in [1.29, 1.82) is 0 Å². The summed E-state index contributed by atoms with van der Waals surface area (Å²) in [5.41, 5.74) is 2.05. The second-order valence-corrected chi connectivity index (χ2v) is 3.98. The van der Waals surface area contributed by atoms with Crippen LogP contribution in [0.25, 0.3) is 0 Å². The van der Waals surface area contributed by atoms with Gasteiger partial charge < -0.3 is 10.1 Å². The van der Waals surface area contributed by atoms with E-state index in [1.54, 1.807) is 13.2 Å². The van der Waals surface area contributed by atoms with Gasteiger partial charge in [0.25, 0.3) is 0 Å². The first-order valence-corrected chi connectivity index (χ1v) is 5.62. The Bertz CT molecular complexity index is 341. The molecule has 2 unspecified atom stereocenters. The molecule has 0 bridgehead atoms. The van der Waals surface area contributed by atoms with Gasteiger partial charge in [-0.15, -0.1) is 0 Å². The number of hydrogen-bond donors (Lipinski definition) is 1. The van der Waals surface area contributed by atoms with Crippen LogP contribution in [0.3, 0.4) is 0 Å². The highest BCUT2D eigenvalue weighted by Crippen LogP contribution is 2.23. The maximum atomic E-state index is 13.0. The SMILES string of the molecule is CCNC(c1ccc(F)cc1C)C(C)OC. The van der Waals surface area contributed by atoms with E-state index in [1.165, 1.54) is 6.07 Å². The molecule has 0 aliphatic rings. The molecule has 0 aliphatic carbocycles. The monoisotopic (exact) mass is 225 g/mol. The summed E-state index contributed by atoms with van der Waals surface area (Å²) in [7, 11) is 1.69. The van der Waals surface area contributed by atoms with Crippen molar-refractivity contribution in [3.8, 4) is 0 Å². The normalized spacial score (nSPS) is 14.8. The van der Waals surface area contributed by atoms with Crippen LogP contribution in [0.2, 0.25) is 0 Å². The molecule has 0 amide bonds. The van der Waals surface area contributed by atoms with Crippen LogP contribution in [0.15, 0.2) is 18.2 Å². The molecule has 0 spiro atoms. The summed E-state index contributed by atoms with van der Waals surface area (Å²) in [6.07, 6.45) is 0.0594. The molecule has 0 fully saturated rings. The maximum Gasteiger partial charge on any atom is 0.123 e. The smallest absolute Gasteiger partial charge is 0.123 e. The topological polar surface area (TPSA) is 21.3 Å². The molecule has 90 valence electrons. The van der Waals surface area contributed by atoms with Crippen LogP contribution in [-0.2, 0) is 4.74 Å². The Morgan fingerprint density at radius 3 is 2.62 bits per heavy atom. The summed E-state index contributed by atoms with van der Waals surface area (Å²) in [5, 5.41) is 3.36. The van der Waals surface area contributed by atoms with E-state index in [2.05, 4.69) is 5.32 Å². The van der Waals surface area contributed by atoms with Crippen molar-refractivity contribution in [2.24, 2.45) is 0 Å². The van der Waals surface area contributed by atoms with E-state index >= 15 is 0 Å². The zero-order valence-corrected chi connectivity index (χ0v) is 10.4. The molecule has 1 aromatic rings. The van der Waals surface area contributed by atoms with Gasteiger partial charge in [0.2, 0.25) is 0 Å². The van der Waals surface area contributed by atoms with Crippen molar-refractivity contribution >= 4 is 0 Å². The van der Waals surface area contributed by atoms with Gasteiger partial charge in [-0.2, -0.15) is 0 Å². The number of rotatable bonds is 5. The fraction of sp³-hybridized carbons (Fsp3) is 0.538. The molecular weight excluding hydrogens is 205 g/mol. The molecule has 0 saturated heterocycles. The fourth-order valence-electron chi connectivity index (χ4n) is 1.87. The van der Waals surface area contributed by atoms with Crippen LogP contribution < -0.4 is 5.32 Å². The third kappa shape index (κ3) is 3.03. The van der Waals surface area contributed by atoms with Crippen molar-refractivity contribution in [3.63, 3.8) is 0 Å². The van der Waals surface area contributed by atoms with Crippen LogP contribution in [0.1, 0.15) is 31.0 Å². The van der Waals surface area contributed by atoms with Gasteiger partial charge in [0, 0.05) is 7.11 Å². The Morgan fingerprint density at radius 2 is 2.12 bits per heavy atom. The van der Waals surface area contributed by atoms with Gasteiger partial charge in [-0.25, -0.2) is 4.39 Å². The molecule has 0 heterocycles. The van der Waals surface area contributed by atoms with Gasteiger partial charge in [0.15, 0.2) is 0 Å². The molecule has 1 rings (SSSR count). The molecule has 1 aromatic carbocycles.